The average Bonchev–Trinajstić information content (AvgIpc) is 2.40. The van der Waals surface area contributed by atoms with Gasteiger partial charge < -0.3 is 14.9 Å². The van der Waals surface area contributed by atoms with Gasteiger partial charge in [0.05, 0.1) is 13.2 Å². The van der Waals surface area contributed by atoms with Gasteiger partial charge in [0.2, 0.25) is 0 Å². The summed E-state index contributed by atoms with van der Waals surface area (Å²) < 4.78 is 5.61. The molecule has 94 valence electrons. The molecule has 0 saturated carbocycles. The average molecular weight is 265 g/mol. The van der Waals surface area contributed by atoms with Crippen LogP contribution in [0.15, 0.2) is 42.5 Å². The van der Waals surface area contributed by atoms with Gasteiger partial charge in [-0.1, -0.05) is 29.8 Å². The van der Waals surface area contributed by atoms with E-state index in [2.05, 4.69) is 0 Å². The third-order valence-corrected chi connectivity index (χ3v) is 2.89. The number of ether oxygens (including phenoxy) is 1. The second kappa shape index (κ2) is 5.87. The van der Waals surface area contributed by atoms with Crippen LogP contribution in [0.4, 0.5) is 0 Å². The first-order valence-corrected chi connectivity index (χ1v) is 5.87. The number of benzene rings is 2. The zero-order valence-corrected chi connectivity index (χ0v) is 10.4. The summed E-state index contributed by atoms with van der Waals surface area (Å²) in [4.78, 5) is 0. The van der Waals surface area contributed by atoms with Crippen molar-refractivity contribution in [1.29, 1.82) is 0 Å². The third-order valence-electron chi connectivity index (χ3n) is 2.54. The van der Waals surface area contributed by atoms with Crippen LogP contribution in [0.1, 0.15) is 11.1 Å². The predicted octanol–water partition coefficient (Wildman–Crippen LogP) is 3.12. The van der Waals surface area contributed by atoms with Crippen molar-refractivity contribution in [2.75, 3.05) is 0 Å². The highest BCUT2D eigenvalue weighted by Gasteiger charge is 2.03. The van der Waals surface area contributed by atoms with Crippen LogP contribution in [0, 0.1) is 0 Å². The lowest BCUT2D eigenvalue weighted by molar-refractivity contribution is 0.281. The Bertz CT molecular complexity index is 523. The molecule has 0 spiro atoms. The largest absolute Gasteiger partial charge is 0.457 e. The van der Waals surface area contributed by atoms with Crippen molar-refractivity contribution < 1.29 is 14.9 Å². The molecule has 0 unspecified atom stereocenters. The van der Waals surface area contributed by atoms with Gasteiger partial charge >= 0.3 is 0 Å². The highest BCUT2D eigenvalue weighted by molar-refractivity contribution is 6.31. The molecule has 2 aromatic rings. The minimum absolute atomic E-state index is 0.0112. The van der Waals surface area contributed by atoms with E-state index in [1.807, 2.05) is 0 Å². The van der Waals surface area contributed by atoms with Crippen molar-refractivity contribution in [3.05, 3.63) is 58.6 Å². The van der Waals surface area contributed by atoms with Gasteiger partial charge in [0.15, 0.2) is 0 Å². The fourth-order valence-corrected chi connectivity index (χ4v) is 1.75. The van der Waals surface area contributed by atoms with Gasteiger partial charge in [0.1, 0.15) is 11.5 Å². The molecule has 2 N–H and O–H groups in total. The summed E-state index contributed by atoms with van der Waals surface area (Å²) in [6.07, 6.45) is 0. The second-order valence-corrected chi connectivity index (χ2v) is 4.22. The van der Waals surface area contributed by atoms with Crippen LogP contribution in [-0.2, 0) is 13.2 Å². The Hall–Kier alpha value is -1.55. The summed E-state index contributed by atoms with van der Waals surface area (Å²) in [7, 11) is 0. The fraction of sp³-hybridized carbons (Fsp3) is 0.143. The van der Waals surface area contributed by atoms with E-state index in [1.165, 1.54) is 0 Å². The van der Waals surface area contributed by atoms with E-state index in [0.29, 0.717) is 22.1 Å². The molecule has 3 nitrogen and oxygen atoms in total. The maximum absolute atomic E-state index is 9.01. The van der Waals surface area contributed by atoms with Gasteiger partial charge in [0, 0.05) is 5.02 Å². The van der Waals surface area contributed by atoms with E-state index < -0.39 is 0 Å². The van der Waals surface area contributed by atoms with Crippen LogP contribution in [-0.4, -0.2) is 10.2 Å². The molecule has 18 heavy (non-hydrogen) atoms. The normalized spacial score (nSPS) is 10.4. The van der Waals surface area contributed by atoms with E-state index in [9.17, 15) is 0 Å². The number of hydrogen-bond acceptors (Lipinski definition) is 3. The number of hydrogen-bond donors (Lipinski definition) is 2. The number of rotatable bonds is 4. The minimum Gasteiger partial charge on any atom is -0.457 e. The van der Waals surface area contributed by atoms with Gasteiger partial charge in [-0.15, -0.1) is 0 Å². The summed E-state index contributed by atoms with van der Waals surface area (Å²) in [6.45, 7) is -0.0817. The molecular formula is C14H13ClO3. The molecule has 0 heterocycles. The number of aliphatic hydroxyl groups is 2. The van der Waals surface area contributed by atoms with Crippen molar-refractivity contribution in [3.8, 4) is 11.5 Å². The molecule has 4 heteroatoms. The van der Waals surface area contributed by atoms with Crippen LogP contribution >= 0.6 is 11.6 Å². The van der Waals surface area contributed by atoms with E-state index >= 15 is 0 Å². The highest BCUT2D eigenvalue weighted by atomic mass is 35.5. The van der Waals surface area contributed by atoms with Crippen LogP contribution < -0.4 is 4.74 Å². The molecule has 0 saturated heterocycles. The summed E-state index contributed by atoms with van der Waals surface area (Å²) in [5.74, 6) is 1.27. The highest BCUT2D eigenvalue weighted by Crippen LogP contribution is 2.27. The lowest BCUT2D eigenvalue weighted by Crippen LogP contribution is -1.89. The van der Waals surface area contributed by atoms with Gasteiger partial charge in [0.25, 0.3) is 0 Å². The second-order valence-electron chi connectivity index (χ2n) is 3.82. The Morgan fingerprint density at radius 1 is 0.889 bits per heavy atom. The van der Waals surface area contributed by atoms with Gasteiger partial charge in [-0.25, -0.2) is 0 Å². The van der Waals surface area contributed by atoms with Gasteiger partial charge in [-0.05, 0) is 35.4 Å². The van der Waals surface area contributed by atoms with E-state index in [0.717, 1.165) is 5.56 Å². The quantitative estimate of drug-likeness (QED) is 0.892. The molecule has 0 aliphatic heterocycles. The Balaban J connectivity index is 2.15. The van der Waals surface area contributed by atoms with Crippen LogP contribution in [0.25, 0.3) is 0 Å². The maximum atomic E-state index is 9.01. The van der Waals surface area contributed by atoms with Crippen LogP contribution in [0.5, 0.6) is 11.5 Å². The molecule has 0 aromatic heterocycles. The number of halogens is 1. The van der Waals surface area contributed by atoms with Crippen molar-refractivity contribution in [2.45, 2.75) is 13.2 Å². The number of aliphatic hydroxyl groups excluding tert-OH is 2. The van der Waals surface area contributed by atoms with E-state index in [1.54, 1.807) is 42.5 Å². The SMILES string of the molecule is OCc1ccc(Oc2ccc(CO)c(Cl)c2)cc1. The molecule has 0 bridgehead atoms. The third kappa shape index (κ3) is 3.01. The molecule has 0 aliphatic rings. The van der Waals surface area contributed by atoms with Crippen molar-refractivity contribution in [1.82, 2.24) is 0 Å². The zero-order chi connectivity index (χ0) is 13.0. The molecule has 0 aliphatic carbocycles. The molecule has 2 aromatic carbocycles. The fourth-order valence-electron chi connectivity index (χ4n) is 1.52. The lowest BCUT2D eigenvalue weighted by atomic mass is 10.2. The maximum Gasteiger partial charge on any atom is 0.128 e. The summed E-state index contributed by atoms with van der Waals surface area (Å²) in [5.41, 5.74) is 1.50. The zero-order valence-electron chi connectivity index (χ0n) is 9.64. The first kappa shape index (κ1) is 12.9. The minimum atomic E-state index is -0.0929. The molecule has 0 radical (unpaired) electrons. The Kier molecular flexibility index (Phi) is 4.20. The Labute approximate surface area is 110 Å². The summed E-state index contributed by atoms with van der Waals surface area (Å²) in [5, 5.41) is 18.4. The topological polar surface area (TPSA) is 49.7 Å². The lowest BCUT2D eigenvalue weighted by Gasteiger charge is -2.08. The van der Waals surface area contributed by atoms with Gasteiger partial charge in [-0.3, -0.25) is 0 Å². The first-order chi connectivity index (χ1) is 8.72. The van der Waals surface area contributed by atoms with Gasteiger partial charge in [-0.2, -0.15) is 0 Å². The van der Waals surface area contributed by atoms with Crippen LogP contribution in [0.3, 0.4) is 0 Å². The monoisotopic (exact) mass is 264 g/mol. The van der Waals surface area contributed by atoms with Crippen LogP contribution in [0.2, 0.25) is 5.02 Å². The van der Waals surface area contributed by atoms with E-state index in [-0.39, 0.29) is 13.2 Å². The summed E-state index contributed by atoms with van der Waals surface area (Å²) >= 11 is 5.97. The molecule has 0 atom stereocenters. The molecule has 0 amide bonds. The molecule has 2 rings (SSSR count). The van der Waals surface area contributed by atoms with Crippen molar-refractivity contribution in [3.63, 3.8) is 0 Å². The standard InChI is InChI=1S/C14H13ClO3/c15-14-7-13(6-3-11(14)9-17)18-12-4-1-10(8-16)2-5-12/h1-7,16-17H,8-9H2. The van der Waals surface area contributed by atoms with Crippen molar-refractivity contribution in [2.24, 2.45) is 0 Å². The van der Waals surface area contributed by atoms with Crippen molar-refractivity contribution >= 4 is 11.6 Å². The predicted molar refractivity (Wildman–Crippen MR) is 69.8 cm³/mol. The molecule has 0 fully saturated rings. The summed E-state index contributed by atoms with van der Waals surface area (Å²) in [6, 6.07) is 12.3. The molecular weight excluding hydrogens is 252 g/mol. The smallest absolute Gasteiger partial charge is 0.128 e. The first-order valence-electron chi connectivity index (χ1n) is 5.50. The Morgan fingerprint density at radius 3 is 2.11 bits per heavy atom. The van der Waals surface area contributed by atoms with E-state index in [4.69, 9.17) is 26.6 Å². The Morgan fingerprint density at radius 2 is 1.56 bits per heavy atom.